The number of amides is 2. The number of rotatable bonds is 6. The summed E-state index contributed by atoms with van der Waals surface area (Å²) in [7, 11) is 0. The zero-order chi connectivity index (χ0) is 16.6. The maximum atomic E-state index is 11.9. The third kappa shape index (κ3) is 5.21. The maximum absolute atomic E-state index is 11.9. The highest BCUT2D eigenvalue weighted by Crippen LogP contribution is 2.21. The molecular formula is C19H29N3O2. The minimum Gasteiger partial charge on any atom is -0.380 e. The molecule has 2 heterocycles. The molecular weight excluding hydrogens is 302 g/mol. The molecule has 3 rings (SSSR count). The van der Waals surface area contributed by atoms with Crippen LogP contribution in [0.5, 0.6) is 0 Å². The van der Waals surface area contributed by atoms with Crippen LogP contribution in [0.4, 0.5) is 4.79 Å². The topological polar surface area (TPSA) is 53.6 Å². The van der Waals surface area contributed by atoms with Gasteiger partial charge in [-0.25, -0.2) is 4.79 Å². The average Bonchev–Trinajstić information content (AvgIpc) is 3.16. The van der Waals surface area contributed by atoms with E-state index in [1.807, 2.05) is 18.2 Å². The molecule has 1 aromatic rings. The zero-order valence-corrected chi connectivity index (χ0v) is 14.4. The SMILES string of the molecule is O=C(NCCc1ccccc1)NCC1CCN([C@@H]2CCOC2)CC1. The first-order valence-corrected chi connectivity index (χ1v) is 9.18. The normalized spacial score (nSPS) is 22.4. The van der Waals surface area contributed by atoms with Crippen molar-refractivity contribution in [1.29, 1.82) is 0 Å². The molecule has 2 amide bonds. The van der Waals surface area contributed by atoms with Crippen molar-refractivity contribution in [2.45, 2.75) is 31.7 Å². The summed E-state index contributed by atoms with van der Waals surface area (Å²) in [5, 5.41) is 5.98. The molecule has 0 aromatic heterocycles. The third-order valence-corrected chi connectivity index (χ3v) is 5.16. The number of hydrogen-bond acceptors (Lipinski definition) is 3. The van der Waals surface area contributed by atoms with E-state index in [-0.39, 0.29) is 6.03 Å². The van der Waals surface area contributed by atoms with Gasteiger partial charge in [-0.15, -0.1) is 0 Å². The number of likely N-dealkylation sites (tertiary alicyclic amines) is 1. The smallest absolute Gasteiger partial charge is 0.314 e. The molecule has 0 aliphatic carbocycles. The van der Waals surface area contributed by atoms with Crippen LogP contribution in [0.15, 0.2) is 30.3 Å². The lowest BCUT2D eigenvalue weighted by Gasteiger charge is -2.35. The monoisotopic (exact) mass is 331 g/mol. The van der Waals surface area contributed by atoms with E-state index in [1.54, 1.807) is 0 Å². The van der Waals surface area contributed by atoms with E-state index in [0.717, 1.165) is 39.3 Å². The molecule has 1 atom stereocenters. The summed E-state index contributed by atoms with van der Waals surface area (Å²) in [4.78, 5) is 14.5. The van der Waals surface area contributed by atoms with Crippen molar-refractivity contribution in [2.24, 2.45) is 5.92 Å². The van der Waals surface area contributed by atoms with Crippen molar-refractivity contribution in [3.05, 3.63) is 35.9 Å². The van der Waals surface area contributed by atoms with Gasteiger partial charge < -0.3 is 15.4 Å². The number of benzene rings is 1. The largest absolute Gasteiger partial charge is 0.380 e. The molecule has 0 spiro atoms. The summed E-state index contributed by atoms with van der Waals surface area (Å²) < 4.78 is 5.48. The van der Waals surface area contributed by atoms with Crippen molar-refractivity contribution in [2.75, 3.05) is 39.4 Å². The van der Waals surface area contributed by atoms with Gasteiger partial charge in [0.15, 0.2) is 0 Å². The van der Waals surface area contributed by atoms with Crippen LogP contribution in [0.1, 0.15) is 24.8 Å². The molecule has 2 saturated heterocycles. The highest BCUT2D eigenvalue weighted by atomic mass is 16.5. The number of nitrogens with one attached hydrogen (secondary N) is 2. The van der Waals surface area contributed by atoms with Gasteiger partial charge in [-0.05, 0) is 50.3 Å². The zero-order valence-electron chi connectivity index (χ0n) is 14.4. The number of carbonyl (C=O) groups is 1. The lowest BCUT2D eigenvalue weighted by molar-refractivity contribution is 0.110. The van der Waals surface area contributed by atoms with Crippen molar-refractivity contribution in [3.63, 3.8) is 0 Å². The molecule has 5 nitrogen and oxygen atoms in total. The Labute approximate surface area is 144 Å². The van der Waals surface area contributed by atoms with Crippen LogP contribution in [0.3, 0.4) is 0 Å². The van der Waals surface area contributed by atoms with Crippen LogP contribution in [-0.2, 0) is 11.2 Å². The Hall–Kier alpha value is -1.59. The molecule has 24 heavy (non-hydrogen) atoms. The van der Waals surface area contributed by atoms with Crippen LogP contribution in [0, 0.1) is 5.92 Å². The van der Waals surface area contributed by atoms with Crippen LogP contribution >= 0.6 is 0 Å². The molecule has 2 fully saturated rings. The van der Waals surface area contributed by atoms with Gasteiger partial charge in [0, 0.05) is 25.7 Å². The Kier molecular flexibility index (Phi) is 6.49. The van der Waals surface area contributed by atoms with Gasteiger partial charge in [0.2, 0.25) is 0 Å². The lowest BCUT2D eigenvalue weighted by Crippen LogP contribution is -2.45. The van der Waals surface area contributed by atoms with Crippen LogP contribution in [0.25, 0.3) is 0 Å². The van der Waals surface area contributed by atoms with Gasteiger partial charge in [-0.2, -0.15) is 0 Å². The fourth-order valence-corrected chi connectivity index (χ4v) is 3.60. The second-order valence-corrected chi connectivity index (χ2v) is 6.87. The molecule has 2 N–H and O–H groups in total. The number of ether oxygens (including phenoxy) is 1. The number of piperidine rings is 1. The Morgan fingerprint density at radius 2 is 1.92 bits per heavy atom. The van der Waals surface area contributed by atoms with Gasteiger partial charge >= 0.3 is 6.03 Å². The Bertz CT molecular complexity index is 495. The van der Waals surface area contributed by atoms with E-state index >= 15 is 0 Å². The minimum absolute atomic E-state index is 0.0439. The van der Waals surface area contributed by atoms with Crippen molar-refractivity contribution in [3.8, 4) is 0 Å². The van der Waals surface area contributed by atoms with Gasteiger partial charge in [0.25, 0.3) is 0 Å². The number of urea groups is 1. The highest BCUT2D eigenvalue weighted by Gasteiger charge is 2.27. The lowest BCUT2D eigenvalue weighted by atomic mass is 9.95. The molecule has 0 unspecified atom stereocenters. The van der Waals surface area contributed by atoms with Gasteiger partial charge in [-0.3, -0.25) is 4.90 Å². The summed E-state index contributed by atoms with van der Waals surface area (Å²) in [6.45, 7) is 5.54. The Morgan fingerprint density at radius 3 is 2.62 bits per heavy atom. The van der Waals surface area contributed by atoms with Gasteiger partial charge in [0.1, 0.15) is 0 Å². The van der Waals surface area contributed by atoms with E-state index in [2.05, 4.69) is 27.7 Å². The van der Waals surface area contributed by atoms with E-state index in [4.69, 9.17) is 4.74 Å². The van der Waals surface area contributed by atoms with Crippen molar-refractivity contribution in [1.82, 2.24) is 15.5 Å². The van der Waals surface area contributed by atoms with E-state index < -0.39 is 0 Å². The average molecular weight is 331 g/mol. The van der Waals surface area contributed by atoms with E-state index in [0.29, 0.717) is 18.5 Å². The second-order valence-electron chi connectivity index (χ2n) is 6.87. The van der Waals surface area contributed by atoms with Crippen LogP contribution in [0.2, 0.25) is 0 Å². The van der Waals surface area contributed by atoms with E-state index in [1.165, 1.54) is 24.8 Å². The summed E-state index contributed by atoms with van der Waals surface area (Å²) >= 11 is 0. The van der Waals surface area contributed by atoms with Gasteiger partial charge in [-0.1, -0.05) is 30.3 Å². The van der Waals surface area contributed by atoms with E-state index in [9.17, 15) is 4.79 Å². The minimum atomic E-state index is -0.0439. The number of hydrogen-bond donors (Lipinski definition) is 2. The molecule has 0 radical (unpaired) electrons. The number of nitrogens with zero attached hydrogens (tertiary/aromatic N) is 1. The molecule has 132 valence electrons. The Morgan fingerprint density at radius 1 is 1.12 bits per heavy atom. The standard InChI is InChI=1S/C19H29N3O2/c23-19(20-10-6-16-4-2-1-3-5-16)21-14-17-7-11-22(12-8-17)18-9-13-24-15-18/h1-5,17-18H,6-15H2,(H2,20,21,23)/t18-/m1/s1. The number of carbonyl (C=O) groups excluding carboxylic acids is 1. The highest BCUT2D eigenvalue weighted by molar-refractivity contribution is 5.73. The second kappa shape index (κ2) is 9.04. The predicted molar refractivity (Wildman–Crippen MR) is 95.1 cm³/mol. The van der Waals surface area contributed by atoms with Gasteiger partial charge in [0.05, 0.1) is 6.61 Å². The predicted octanol–water partition coefficient (Wildman–Crippen LogP) is 2.03. The molecule has 0 bridgehead atoms. The molecule has 2 aliphatic rings. The molecule has 1 aromatic carbocycles. The molecule has 0 saturated carbocycles. The maximum Gasteiger partial charge on any atom is 0.314 e. The third-order valence-electron chi connectivity index (χ3n) is 5.16. The quantitative estimate of drug-likeness (QED) is 0.839. The first-order valence-electron chi connectivity index (χ1n) is 9.18. The van der Waals surface area contributed by atoms with Crippen molar-refractivity contribution >= 4 is 6.03 Å². The van der Waals surface area contributed by atoms with Crippen LogP contribution < -0.4 is 10.6 Å². The van der Waals surface area contributed by atoms with Crippen molar-refractivity contribution < 1.29 is 9.53 Å². The summed E-state index contributed by atoms with van der Waals surface area (Å²) in [5.41, 5.74) is 1.25. The molecule has 2 aliphatic heterocycles. The Balaban J connectivity index is 1.27. The first-order chi connectivity index (χ1) is 11.8. The fourth-order valence-electron chi connectivity index (χ4n) is 3.60. The summed E-state index contributed by atoms with van der Waals surface area (Å²) in [6.07, 6.45) is 4.38. The summed E-state index contributed by atoms with van der Waals surface area (Å²) in [5.74, 6) is 0.600. The van der Waals surface area contributed by atoms with Crippen LogP contribution in [-0.4, -0.2) is 56.4 Å². The first kappa shape index (κ1) is 17.2. The summed E-state index contributed by atoms with van der Waals surface area (Å²) in [6, 6.07) is 10.8. The molecule has 5 heteroatoms. The fraction of sp³-hybridized carbons (Fsp3) is 0.632.